The zero-order chi connectivity index (χ0) is 15.3. The topological polar surface area (TPSA) is 61.5 Å². The predicted octanol–water partition coefficient (Wildman–Crippen LogP) is 1.36. The molecule has 1 aliphatic rings. The largest absolute Gasteiger partial charge is 0.495 e. The Morgan fingerprint density at radius 2 is 1.50 bits per heavy atom. The number of benzene rings is 1. The summed E-state index contributed by atoms with van der Waals surface area (Å²) in [4.78, 5) is 11.0. The highest BCUT2D eigenvalue weighted by atomic mass is 19.1. The number of halogens is 2. The highest BCUT2D eigenvalue weighted by Gasteiger charge is 2.52. The van der Waals surface area contributed by atoms with Crippen molar-refractivity contribution in [3.63, 3.8) is 0 Å². The van der Waals surface area contributed by atoms with Crippen molar-refractivity contribution in [3.05, 3.63) is 29.3 Å². The van der Waals surface area contributed by atoms with E-state index in [1.165, 1.54) is 0 Å². The first-order chi connectivity index (χ1) is 9.05. The van der Waals surface area contributed by atoms with Gasteiger partial charge in [-0.3, -0.25) is 4.79 Å². The third-order valence-corrected chi connectivity index (χ3v) is 3.84. The van der Waals surface area contributed by atoms with Crippen molar-refractivity contribution in [2.75, 3.05) is 0 Å². The summed E-state index contributed by atoms with van der Waals surface area (Å²) in [6.45, 7) is 7.32. The van der Waals surface area contributed by atoms with Crippen molar-refractivity contribution < 1.29 is 22.9 Å². The highest BCUT2D eigenvalue weighted by molar-refractivity contribution is 6.62. The van der Waals surface area contributed by atoms with E-state index in [0.29, 0.717) is 0 Å². The summed E-state index contributed by atoms with van der Waals surface area (Å²) in [5.74, 6) is -3.20. The second-order valence-electron chi connectivity index (χ2n) is 5.81. The first kappa shape index (κ1) is 14.9. The lowest BCUT2D eigenvalue weighted by molar-refractivity contribution is 0.00578. The molecule has 0 bridgehead atoms. The van der Waals surface area contributed by atoms with Crippen molar-refractivity contribution in [1.82, 2.24) is 0 Å². The summed E-state index contributed by atoms with van der Waals surface area (Å²) >= 11 is 0. The molecular weight excluding hydrogens is 267 g/mol. The summed E-state index contributed by atoms with van der Waals surface area (Å²) < 4.78 is 38.9. The molecule has 4 nitrogen and oxygen atoms in total. The Hall–Kier alpha value is -1.47. The minimum absolute atomic E-state index is 0.170. The normalized spacial score (nSPS) is 20.2. The molecule has 2 rings (SSSR count). The van der Waals surface area contributed by atoms with Gasteiger partial charge in [-0.25, -0.2) is 8.78 Å². The number of hydrogen-bond donors (Lipinski definition) is 1. The molecule has 0 aliphatic carbocycles. The maximum absolute atomic E-state index is 13.7. The maximum Gasteiger partial charge on any atom is 0.495 e. The molecule has 0 atom stereocenters. The van der Waals surface area contributed by atoms with Crippen molar-refractivity contribution >= 4 is 18.5 Å². The van der Waals surface area contributed by atoms with Crippen LogP contribution in [0.2, 0.25) is 0 Å². The van der Waals surface area contributed by atoms with E-state index < -0.39 is 41.4 Å². The Labute approximate surface area is 116 Å². The number of carbonyl (C=O) groups is 1. The van der Waals surface area contributed by atoms with Crippen LogP contribution in [0.1, 0.15) is 38.1 Å². The molecule has 7 heteroatoms. The Morgan fingerprint density at radius 1 is 1.10 bits per heavy atom. The molecule has 108 valence electrons. The maximum atomic E-state index is 13.7. The second kappa shape index (κ2) is 4.53. The van der Waals surface area contributed by atoms with E-state index in [-0.39, 0.29) is 5.46 Å². The van der Waals surface area contributed by atoms with Gasteiger partial charge in [0.2, 0.25) is 0 Å². The average Bonchev–Trinajstić information content (AvgIpc) is 2.46. The lowest BCUT2D eigenvalue weighted by atomic mass is 9.78. The fraction of sp³-hybridized carbons (Fsp3) is 0.462. The Morgan fingerprint density at radius 3 is 1.85 bits per heavy atom. The predicted molar refractivity (Wildman–Crippen MR) is 70.6 cm³/mol. The van der Waals surface area contributed by atoms with Crippen molar-refractivity contribution in [2.45, 2.75) is 38.9 Å². The Bertz CT molecular complexity index is 536. The van der Waals surface area contributed by atoms with Crippen molar-refractivity contribution in [2.24, 2.45) is 5.73 Å². The third-order valence-electron chi connectivity index (χ3n) is 3.84. The first-order valence-electron chi connectivity index (χ1n) is 6.19. The van der Waals surface area contributed by atoms with E-state index in [1.807, 2.05) is 27.7 Å². The number of carbonyl (C=O) groups excluding carboxylic acids is 1. The fourth-order valence-corrected chi connectivity index (χ4v) is 1.94. The summed E-state index contributed by atoms with van der Waals surface area (Å²) in [6, 6.07) is 2.01. The highest BCUT2D eigenvalue weighted by Crippen LogP contribution is 2.36. The number of rotatable bonds is 2. The summed E-state index contributed by atoms with van der Waals surface area (Å²) in [7, 11) is -0.897. The molecule has 1 aromatic carbocycles. The SMILES string of the molecule is CC1(C)OB(c2cc(F)c(C(N)=O)c(F)c2)OC1(C)C. The zero-order valence-electron chi connectivity index (χ0n) is 11.8. The van der Waals surface area contributed by atoms with Gasteiger partial charge in [0.05, 0.1) is 11.2 Å². The van der Waals surface area contributed by atoms with Gasteiger partial charge in [-0.2, -0.15) is 0 Å². The van der Waals surface area contributed by atoms with Crippen molar-refractivity contribution in [3.8, 4) is 0 Å². The minimum atomic E-state index is -1.15. The van der Waals surface area contributed by atoms with Crippen LogP contribution in [-0.2, 0) is 9.31 Å². The summed E-state index contributed by atoms with van der Waals surface area (Å²) in [6.07, 6.45) is 0. The minimum Gasteiger partial charge on any atom is -0.399 e. The van der Waals surface area contributed by atoms with E-state index in [9.17, 15) is 13.6 Å². The number of nitrogens with two attached hydrogens (primary N) is 1. The molecule has 2 N–H and O–H groups in total. The van der Waals surface area contributed by atoms with Gasteiger partial charge in [0, 0.05) is 0 Å². The number of amides is 1. The molecule has 1 heterocycles. The first-order valence-corrected chi connectivity index (χ1v) is 6.19. The molecule has 0 saturated carbocycles. The molecule has 1 fully saturated rings. The standard InChI is InChI=1S/C13H16BF2NO3/c1-12(2)13(3,4)20-14(19-12)7-5-8(15)10(11(17)18)9(16)6-7/h5-6H,1-4H3,(H2,17,18). The van der Waals surface area contributed by atoms with Crippen LogP contribution in [0.3, 0.4) is 0 Å². The molecule has 1 aromatic rings. The second-order valence-corrected chi connectivity index (χ2v) is 5.81. The van der Waals surface area contributed by atoms with Crippen LogP contribution in [0.25, 0.3) is 0 Å². The van der Waals surface area contributed by atoms with Crippen molar-refractivity contribution in [1.29, 1.82) is 0 Å². The Balaban J connectivity index is 2.40. The van der Waals surface area contributed by atoms with Gasteiger partial charge in [-0.1, -0.05) is 0 Å². The van der Waals surface area contributed by atoms with Crippen LogP contribution in [-0.4, -0.2) is 24.2 Å². The van der Waals surface area contributed by atoms with Crippen LogP contribution in [0, 0.1) is 11.6 Å². The van der Waals surface area contributed by atoms with Gasteiger partial charge in [0.15, 0.2) is 0 Å². The Kier molecular flexibility index (Phi) is 3.38. The molecule has 20 heavy (non-hydrogen) atoms. The molecular formula is C13H16BF2NO3. The van der Waals surface area contributed by atoms with Crippen LogP contribution < -0.4 is 11.2 Å². The fourth-order valence-electron chi connectivity index (χ4n) is 1.94. The average molecular weight is 283 g/mol. The van der Waals surface area contributed by atoms with E-state index in [4.69, 9.17) is 15.0 Å². The number of hydrogen-bond acceptors (Lipinski definition) is 3. The van der Waals surface area contributed by atoms with E-state index in [0.717, 1.165) is 12.1 Å². The third kappa shape index (κ3) is 2.31. The van der Waals surface area contributed by atoms with Crippen LogP contribution in [0.5, 0.6) is 0 Å². The molecule has 1 amide bonds. The van der Waals surface area contributed by atoms with Crippen LogP contribution in [0.15, 0.2) is 12.1 Å². The van der Waals surface area contributed by atoms with E-state index in [1.54, 1.807) is 0 Å². The lowest BCUT2D eigenvalue weighted by Gasteiger charge is -2.32. The van der Waals surface area contributed by atoms with Gasteiger partial charge in [-0.15, -0.1) is 0 Å². The molecule has 0 unspecified atom stereocenters. The lowest BCUT2D eigenvalue weighted by Crippen LogP contribution is -2.41. The van der Waals surface area contributed by atoms with E-state index in [2.05, 4.69) is 0 Å². The van der Waals surface area contributed by atoms with Gasteiger partial charge < -0.3 is 15.0 Å². The van der Waals surface area contributed by atoms with Crippen LogP contribution >= 0.6 is 0 Å². The van der Waals surface area contributed by atoms with Gasteiger partial charge in [-0.05, 0) is 45.3 Å². The quantitative estimate of drug-likeness (QED) is 0.834. The molecule has 0 spiro atoms. The zero-order valence-corrected chi connectivity index (χ0v) is 11.8. The molecule has 0 aromatic heterocycles. The molecule has 1 saturated heterocycles. The van der Waals surface area contributed by atoms with Crippen LogP contribution in [0.4, 0.5) is 8.78 Å². The molecule has 0 radical (unpaired) electrons. The summed E-state index contributed by atoms with van der Waals surface area (Å²) in [5, 5.41) is 0. The van der Waals surface area contributed by atoms with Gasteiger partial charge in [0.1, 0.15) is 17.2 Å². The van der Waals surface area contributed by atoms with E-state index >= 15 is 0 Å². The summed E-state index contributed by atoms with van der Waals surface area (Å²) in [5.41, 5.74) is 3.10. The monoisotopic (exact) mass is 283 g/mol. The number of primary amides is 1. The smallest absolute Gasteiger partial charge is 0.399 e. The molecule has 1 aliphatic heterocycles. The van der Waals surface area contributed by atoms with Gasteiger partial charge in [0.25, 0.3) is 5.91 Å². The van der Waals surface area contributed by atoms with Gasteiger partial charge >= 0.3 is 7.12 Å².